The standard InChI is InChI=1S/C15H23ClN4O/c1-3-5-19-6-8-20(9-7-19)15(21)12-10-14(17-4-2)18-11-13(12)16/h10-11H,3-9H2,1-2H3,(H,17,18). The zero-order chi connectivity index (χ0) is 15.2. The Labute approximate surface area is 131 Å². The van der Waals surface area contributed by atoms with Gasteiger partial charge in [0.15, 0.2) is 0 Å². The largest absolute Gasteiger partial charge is 0.370 e. The van der Waals surface area contributed by atoms with E-state index in [1.165, 1.54) is 0 Å². The van der Waals surface area contributed by atoms with E-state index in [0.717, 1.165) is 45.7 Å². The zero-order valence-electron chi connectivity index (χ0n) is 12.7. The van der Waals surface area contributed by atoms with Gasteiger partial charge in [-0.3, -0.25) is 9.69 Å². The van der Waals surface area contributed by atoms with Gasteiger partial charge in [0.25, 0.3) is 5.91 Å². The summed E-state index contributed by atoms with van der Waals surface area (Å²) in [5.74, 6) is 0.688. The number of hydrogen-bond donors (Lipinski definition) is 1. The maximum absolute atomic E-state index is 12.6. The predicted octanol–water partition coefficient (Wildman–Crippen LogP) is 2.33. The summed E-state index contributed by atoms with van der Waals surface area (Å²) in [6.45, 7) is 9.41. The average molecular weight is 311 g/mol. The van der Waals surface area contributed by atoms with Crippen molar-refractivity contribution in [2.24, 2.45) is 0 Å². The highest BCUT2D eigenvalue weighted by molar-refractivity contribution is 6.33. The van der Waals surface area contributed by atoms with Gasteiger partial charge in [-0.2, -0.15) is 0 Å². The summed E-state index contributed by atoms with van der Waals surface area (Å²) in [5, 5.41) is 3.52. The van der Waals surface area contributed by atoms with Crippen LogP contribution in [0.4, 0.5) is 5.82 Å². The number of anilines is 1. The normalized spacial score (nSPS) is 16.0. The van der Waals surface area contributed by atoms with Gasteiger partial charge in [-0.15, -0.1) is 0 Å². The van der Waals surface area contributed by atoms with Gasteiger partial charge in [-0.1, -0.05) is 18.5 Å². The van der Waals surface area contributed by atoms with Crippen LogP contribution in [-0.2, 0) is 0 Å². The molecule has 1 fully saturated rings. The molecule has 0 saturated carbocycles. The molecule has 6 heteroatoms. The minimum Gasteiger partial charge on any atom is -0.370 e. The van der Waals surface area contributed by atoms with Crippen LogP contribution >= 0.6 is 11.6 Å². The number of rotatable bonds is 5. The maximum atomic E-state index is 12.6. The van der Waals surface area contributed by atoms with Gasteiger partial charge in [-0.25, -0.2) is 4.98 Å². The molecule has 1 amide bonds. The Morgan fingerprint density at radius 1 is 1.33 bits per heavy atom. The predicted molar refractivity (Wildman–Crippen MR) is 86.0 cm³/mol. The molecule has 2 rings (SSSR count). The summed E-state index contributed by atoms with van der Waals surface area (Å²) in [6, 6.07) is 1.74. The van der Waals surface area contributed by atoms with Crippen LogP contribution in [0.5, 0.6) is 0 Å². The van der Waals surface area contributed by atoms with Crippen molar-refractivity contribution < 1.29 is 4.79 Å². The van der Waals surface area contributed by atoms with Gasteiger partial charge in [0.05, 0.1) is 10.6 Å². The fourth-order valence-corrected chi connectivity index (χ4v) is 2.73. The minimum absolute atomic E-state index is 0.00213. The van der Waals surface area contributed by atoms with Gasteiger partial charge in [-0.05, 0) is 26.0 Å². The van der Waals surface area contributed by atoms with Crippen molar-refractivity contribution in [2.45, 2.75) is 20.3 Å². The van der Waals surface area contributed by atoms with Crippen LogP contribution in [0.3, 0.4) is 0 Å². The van der Waals surface area contributed by atoms with E-state index in [4.69, 9.17) is 11.6 Å². The molecule has 0 spiro atoms. The van der Waals surface area contributed by atoms with E-state index in [9.17, 15) is 4.79 Å². The Balaban J connectivity index is 2.05. The number of nitrogens with one attached hydrogen (secondary N) is 1. The van der Waals surface area contributed by atoms with E-state index >= 15 is 0 Å². The van der Waals surface area contributed by atoms with E-state index in [1.54, 1.807) is 12.3 Å². The van der Waals surface area contributed by atoms with E-state index in [2.05, 4.69) is 22.1 Å². The first-order valence-corrected chi connectivity index (χ1v) is 7.94. The third-order valence-electron chi connectivity index (χ3n) is 3.64. The Morgan fingerprint density at radius 3 is 2.67 bits per heavy atom. The number of aromatic nitrogens is 1. The highest BCUT2D eigenvalue weighted by Crippen LogP contribution is 2.20. The number of hydrogen-bond acceptors (Lipinski definition) is 4. The molecule has 0 atom stereocenters. The van der Waals surface area contributed by atoms with E-state index in [-0.39, 0.29) is 5.91 Å². The van der Waals surface area contributed by atoms with Gasteiger partial charge in [0, 0.05) is 38.9 Å². The summed E-state index contributed by atoms with van der Waals surface area (Å²) >= 11 is 6.14. The lowest BCUT2D eigenvalue weighted by molar-refractivity contribution is 0.0637. The monoisotopic (exact) mass is 310 g/mol. The van der Waals surface area contributed by atoms with E-state index < -0.39 is 0 Å². The molecule has 0 bridgehead atoms. The van der Waals surface area contributed by atoms with Crippen molar-refractivity contribution in [3.8, 4) is 0 Å². The summed E-state index contributed by atoms with van der Waals surface area (Å²) in [4.78, 5) is 21.0. The highest BCUT2D eigenvalue weighted by atomic mass is 35.5. The molecule has 1 N–H and O–H groups in total. The number of halogens is 1. The van der Waals surface area contributed by atoms with Crippen LogP contribution in [0.25, 0.3) is 0 Å². The number of carbonyl (C=O) groups is 1. The number of amides is 1. The Hall–Kier alpha value is -1.33. The van der Waals surface area contributed by atoms with Crippen LogP contribution < -0.4 is 5.32 Å². The van der Waals surface area contributed by atoms with Crippen LogP contribution in [-0.4, -0.2) is 60.0 Å². The molecule has 0 unspecified atom stereocenters. The summed E-state index contributed by atoms with van der Waals surface area (Å²) in [6.07, 6.45) is 2.69. The van der Waals surface area contributed by atoms with Crippen LogP contribution in [0.15, 0.2) is 12.3 Å². The van der Waals surface area contributed by atoms with Gasteiger partial charge >= 0.3 is 0 Å². The molecule has 116 valence electrons. The Morgan fingerprint density at radius 2 is 2.05 bits per heavy atom. The van der Waals surface area contributed by atoms with Crippen molar-refractivity contribution in [1.82, 2.24) is 14.8 Å². The number of nitrogens with zero attached hydrogens (tertiary/aromatic N) is 3. The second kappa shape index (κ2) is 7.61. The van der Waals surface area contributed by atoms with Crippen molar-refractivity contribution in [3.05, 3.63) is 22.8 Å². The zero-order valence-corrected chi connectivity index (χ0v) is 13.5. The van der Waals surface area contributed by atoms with Gasteiger partial charge < -0.3 is 10.2 Å². The smallest absolute Gasteiger partial charge is 0.255 e. The molecule has 21 heavy (non-hydrogen) atoms. The molecule has 1 aromatic heterocycles. The molecule has 1 aromatic rings. The first-order valence-electron chi connectivity index (χ1n) is 7.56. The fourth-order valence-electron chi connectivity index (χ4n) is 2.54. The number of carbonyl (C=O) groups excluding carboxylic acids is 1. The second-order valence-corrected chi connectivity index (χ2v) is 5.62. The topological polar surface area (TPSA) is 48.5 Å². The molecule has 1 saturated heterocycles. The van der Waals surface area contributed by atoms with E-state index in [1.807, 2.05) is 11.8 Å². The van der Waals surface area contributed by atoms with Crippen molar-refractivity contribution in [2.75, 3.05) is 44.6 Å². The van der Waals surface area contributed by atoms with Crippen LogP contribution in [0.2, 0.25) is 5.02 Å². The number of piperazine rings is 1. The molecule has 2 heterocycles. The van der Waals surface area contributed by atoms with Crippen molar-refractivity contribution >= 4 is 23.3 Å². The molecule has 0 aromatic carbocycles. The maximum Gasteiger partial charge on any atom is 0.255 e. The van der Waals surface area contributed by atoms with Gasteiger partial charge in [0.2, 0.25) is 0 Å². The quantitative estimate of drug-likeness (QED) is 0.907. The lowest BCUT2D eigenvalue weighted by atomic mass is 10.2. The van der Waals surface area contributed by atoms with Crippen LogP contribution in [0, 0.1) is 0 Å². The highest BCUT2D eigenvalue weighted by Gasteiger charge is 2.23. The molecule has 5 nitrogen and oxygen atoms in total. The summed E-state index contributed by atoms with van der Waals surface area (Å²) < 4.78 is 0. The minimum atomic E-state index is -0.00213. The molecule has 0 aliphatic carbocycles. The molecule has 1 aliphatic heterocycles. The summed E-state index contributed by atoms with van der Waals surface area (Å²) in [7, 11) is 0. The average Bonchev–Trinajstić information content (AvgIpc) is 2.50. The third-order valence-corrected chi connectivity index (χ3v) is 3.94. The van der Waals surface area contributed by atoms with Gasteiger partial charge in [0.1, 0.15) is 5.82 Å². The Kier molecular flexibility index (Phi) is 5.82. The SMILES string of the molecule is CCCN1CCN(C(=O)c2cc(NCC)ncc2Cl)CC1. The van der Waals surface area contributed by atoms with E-state index in [0.29, 0.717) is 16.4 Å². The Bertz CT molecular complexity index is 487. The lowest BCUT2D eigenvalue weighted by Gasteiger charge is -2.34. The first-order chi connectivity index (χ1) is 10.2. The molecule has 1 aliphatic rings. The molecular weight excluding hydrogens is 288 g/mol. The van der Waals surface area contributed by atoms with Crippen molar-refractivity contribution in [1.29, 1.82) is 0 Å². The molecular formula is C15H23ClN4O. The molecule has 0 radical (unpaired) electrons. The second-order valence-electron chi connectivity index (χ2n) is 5.21. The first kappa shape index (κ1) is 16.0. The lowest BCUT2D eigenvalue weighted by Crippen LogP contribution is -2.48. The van der Waals surface area contributed by atoms with Crippen LogP contribution in [0.1, 0.15) is 30.6 Å². The fraction of sp³-hybridized carbons (Fsp3) is 0.600. The van der Waals surface area contributed by atoms with Crippen molar-refractivity contribution in [3.63, 3.8) is 0 Å². The third kappa shape index (κ3) is 4.08. The summed E-state index contributed by atoms with van der Waals surface area (Å²) in [5.41, 5.74) is 0.534. The number of pyridine rings is 1.